The molecular weight excluding hydrogens is 212 g/mol. The number of nitrogens with zero attached hydrogens (tertiary/aromatic N) is 1. The Morgan fingerprint density at radius 2 is 2.25 bits per heavy atom. The van der Waals surface area contributed by atoms with E-state index in [4.69, 9.17) is 9.52 Å². The molecule has 6 heteroatoms. The summed E-state index contributed by atoms with van der Waals surface area (Å²) in [6, 6.07) is 0. The van der Waals surface area contributed by atoms with Crippen molar-refractivity contribution >= 4 is 11.9 Å². The number of hydrogen-bond donors (Lipinski definition) is 2. The quantitative estimate of drug-likeness (QED) is 0.709. The Hall–Kier alpha value is -1.85. The van der Waals surface area contributed by atoms with Crippen LogP contribution in [0.1, 0.15) is 25.0 Å². The molecule has 1 heterocycles. The Morgan fingerprint density at radius 3 is 2.88 bits per heavy atom. The van der Waals surface area contributed by atoms with E-state index in [-0.39, 0.29) is 18.7 Å². The van der Waals surface area contributed by atoms with Crippen molar-refractivity contribution in [2.24, 2.45) is 0 Å². The first kappa shape index (κ1) is 12.2. The van der Waals surface area contributed by atoms with E-state index in [9.17, 15) is 9.59 Å². The largest absolute Gasteiger partial charge is 0.481 e. The van der Waals surface area contributed by atoms with Gasteiger partial charge < -0.3 is 14.8 Å². The number of carboxylic acids is 1. The second-order valence-electron chi connectivity index (χ2n) is 3.33. The molecule has 0 aliphatic rings. The van der Waals surface area contributed by atoms with Gasteiger partial charge in [0.15, 0.2) is 6.39 Å². The summed E-state index contributed by atoms with van der Waals surface area (Å²) >= 11 is 0. The number of nitrogens with one attached hydrogen (secondary N) is 1. The molecule has 0 fully saturated rings. The maximum Gasteiger partial charge on any atom is 0.303 e. The number of carboxylic acid groups (broad SMARTS) is 1. The van der Waals surface area contributed by atoms with Gasteiger partial charge in [-0.15, -0.1) is 0 Å². The highest BCUT2D eigenvalue weighted by Gasteiger charge is 2.03. The smallest absolute Gasteiger partial charge is 0.303 e. The summed E-state index contributed by atoms with van der Waals surface area (Å²) in [5.41, 5.74) is 0.783. The van der Waals surface area contributed by atoms with Gasteiger partial charge in [-0.05, 0) is 6.42 Å². The van der Waals surface area contributed by atoms with Crippen LogP contribution in [0.2, 0.25) is 0 Å². The van der Waals surface area contributed by atoms with Crippen molar-refractivity contribution in [3.8, 4) is 0 Å². The molecule has 1 aromatic rings. The molecule has 0 aliphatic carbocycles. The van der Waals surface area contributed by atoms with E-state index in [0.29, 0.717) is 19.4 Å². The molecule has 1 aromatic heterocycles. The van der Waals surface area contributed by atoms with E-state index in [1.807, 2.05) is 0 Å². The summed E-state index contributed by atoms with van der Waals surface area (Å²) in [5.74, 6) is -1.01. The van der Waals surface area contributed by atoms with Crippen molar-refractivity contribution in [1.82, 2.24) is 10.3 Å². The Labute approximate surface area is 92.7 Å². The number of carbonyl (C=O) groups excluding carboxylic acids is 1. The molecule has 0 atom stereocenters. The molecule has 0 aliphatic heterocycles. The summed E-state index contributed by atoms with van der Waals surface area (Å²) in [6.07, 6.45) is 4.11. The topological polar surface area (TPSA) is 92.4 Å². The van der Waals surface area contributed by atoms with Crippen molar-refractivity contribution in [1.29, 1.82) is 0 Å². The average Bonchev–Trinajstić information content (AvgIpc) is 2.70. The molecular formula is C10H14N2O4. The lowest BCUT2D eigenvalue weighted by Gasteiger charge is -2.02. The molecule has 0 saturated carbocycles. The Morgan fingerprint density at radius 1 is 1.44 bits per heavy atom. The zero-order chi connectivity index (χ0) is 11.8. The third kappa shape index (κ3) is 5.14. The average molecular weight is 226 g/mol. The third-order valence-electron chi connectivity index (χ3n) is 1.98. The predicted molar refractivity (Wildman–Crippen MR) is 54.7 cm³/mol. The van der Waals surface area contributed by atoms with Crippen LogP contribution in [-0.2, 0) is 16.0 Å². The van der Waals surface area contributed by atoms with Crippen molar-refractivity contribution in [2.45, 2.75) is 25.7 Å². The van der Waals surface area contributed by atoms with Gasteiger partial charge in [-0.2, -0.15) is 0 Å². The van der Waals surface area contributed by atoms with Gasteiger partial charge in [0.25, 0.3) is 0 Å². The van der Waals surface area contributed by atoms with Crippen molar-refractivity contribution < 1.29 is 19.1 Å². The van der Waals surface area contributed by atoms with Crippen molar-refractivity contribution in [2.75, 3.05) is 6.54 Å². The van der Waals surface area contributed by atoms with Gasteiger partial charge in [0.1, 0.15) is 6.26 Å². The first-order valence-electron chi connectivity index (χ1n) is 5.04. The highest BCUT2D eigenvalue weighted by Crippen LogP contribution is 1.96. The maximum atomic E-state index is 11.2. The van der Waals surface area contributed by atoms with Crippen LogP contribution in [0, 0.1) is 0 Å². The summed E-state index contributed by atoms with van der Waals surface area (Å²) in [4.78, 5) is 25.3. The summed E-state index contributed by atoms with van der Waals surface area (Å²) in [6.45, 7) is 0.485. The van der Waals surface area contributed by atoms with E-state index >= 15 is 0 Å². The lowest BCUT2D eigenvalue weighted by atomic mass is 10.2. The molecule has 2 N–H and O–H groups in total. The summed E-state index contributed by atoms with van der Waals surface area (Å²) in [5, 5.41) is 11.1. The fraction of sp³-hybridized carbons (Fsp3) is 0.500. The molecule has 0 radical (unpaired) electrons. The summed E-state index contributed by atoms with van der Waals surface area (Å²) in [7, 11) is 0. The molecule has 0 bridgehead atoms. The molecule has 6 nitrogen and oxygen atoms in total. The van der Waals surface area contributed by atoms with E-state index in [2.05, 4.69) is 10.3 Å². The van der Waals surface area contributed by atoms with Gasteiger partial charge in [0.2, 0.25) is 5.91 Å². The molecule has 88 valence electrons. The minimum atomic E-state index is -0.879. The monoisotopic (exact) mass is 226 g/mol. The highest BCUT2D eigenvalue weighted by atomic mass is 16.4. The van der Waals surface area contributed by atoms with Gasteiger partial charge >= 0.3 is 5.97 Å². The fourth-order valence-corrected chi connectivity index (χ4v) is 1.18. The number of amides is 1. The van der Waals surface area contributed by atoms with Crippen LogP contribution < -0.4 is 5.32 Å². The van der Waals surface area contributed by atoms with Crippen LogP contribution in [0.3, 0.4) is 0 Å². The fourth-order valence-electron chi connectivity index (χ4n) is 1.18. The number of aliphatic carboxylic acids is 1. The van der Waals surface area contributed by atoms with Crippen LogP contribution >= 0.6 is 0 Å². The number of rotatable bonds is 7. The zero-order valence-electron chi connectivity index (χ0n) is 8.81. The highest BCUT2D eigenvalue weighted by molar-refractivity contribution is 5.76. The Bertz CT molecular complexity index is 335. The minimum Gasteiger partial charge on any atom is -0.481 e. The molecule has 0 aromatic carbocycles. The first-order valence-corrected chi connectivity index (χ1v) is 5.04. The maximum absolute atomic E-state index is 11.2. The molecule has 0 saturated heterocycles. The molecule has 16 heavy (non-hydrogen) atoms. The minimum absolute atomic E-state index is 0.0245. The Kier molecular flexibility index (Phi) is 5.04. The van der Waals surface area contributed by atoms with Crippen LogP contribution in [0.15, 0.2) is 17.1 Å². The van der Waals surface area contributed by atoms with E-state index in [1.54, 1.807) is 0 Å². The zero-order valence-corrected chi connectivity index (χ0v) is 8.81. The second kappa shape index (κ2) is 6.60. The second-order valence-corrected chi connectivity index (χ2v) is 3.33. The number of oxazole rings is 1. The van der Waals surface area contributed by atoms with E-state index in [1.165, 1.54) is 12.7 Å². The standard InChI is InChI=1S/C10H14N2O4/c13-9(2-1-3-10(14)15)11-5-4-8-6-16-7-12-8/h6-7H,1-5H2,(H,11,13)(H,14,15). The van der Waals surface area contributed by atoms with E-state index < -0.39 is 5.97 Å². The number of aromatic nitrogens is 1. The van der Waals surface area contributed by atoms with Gasteiger partial charge in [-0.3, -0.25) is 9.59 Å². The first-order chi connectivity index (χ1) is 7.68. The van der Waals surface area contributed by atoms with Gasteiger partial charge in [-0.1, -0.05) is 0 Å². The predicted octanol–water partition coefficient (Wildman–Crippen LogP) is 0.588. The van der Waals surface area contributed by atoms with Gasteiger partial charge in [0, 0.05) is 25.8 Å². The molecule has 0 unspecified atom stereocenters. The van der Waals surface area contributed by atoms with E-state index in [0.717, 1.165) is 5.69 Å². The van der Waals surface area contributed by atoms with Gasteiger partial charge in [0.05, 0.1) is 5.69 Å². The molecule has 0 spiro atoms. The molecule has 1 rings (SSSR count). The van der Waals surface area contributed by atoms with Crippen LogP contribution in [-0.4, -0.2) is 28.5 Å². The van der Waals surface area contributed by atoms with Crippen LogP contribution in [0.4, 0.5) is 0 Å². The summed E-state index contributed by atoms with van der Waals surface area (Å²) < 4.78 is 4.77. The van der Waals surface area contributed by atoms with Gasteiger partial charge in [-0.25, -0.2) is 4.98 Å². The third-order valence-corrected chi connectivity index (χ3v) is 1.98. The Balaban J connectivity index is 2.04. The molecule has 1 amide bonds. The lowest BCUT2D eigenvalue weighted by Crippen LogP contribution is -2.25. The van der Waals surface area contributed by atoms with Crippen LogP contribution in [0.25, 0.3) is 0 Å². The van der Waals surface area contributed by atoms with Crippen molar-refractivity contribution in [3.63, 3.8) is 0 Å². The lowest BCUT2D eigenvalue weighted by molar-refractivity contribution is -0.137. The van der Waals surface area contributed by atoms with Crippen molar-refractivity contribution in [3.05, 3.63) is 18.4 Å². The number of hydrogen-bond acceptors (Lipinski definition) is 4. The normalized spacial score (nSPS) is 10.0. The van der Waals surface area contributed by atoms with Crippen LogP contribution in [0.5, 0.6) is 0 Å². The number of carbonyl (C=O) groups is 2. The SMILES string of the molecule is O=C(O)CCCC(=O)NCCc1cocn1.